The standard InChI is InChI=1S/C22H18F2N2S/c1-13-9-19(14(2)27-13)21-20(15-5-3-7-17(23)10-15)12-25-22(26-21)16-6-4-8-18(24)11-16/h3-12,21H,1-2H3,(H,25,26). The summed E-state index contributed by atoms with van der Waals surface area (Å²) < 4.78 is 27.5. The van der Waals surface area contributed by atoms with E-state index in [1.165, 1.54) is 34.0 Å². The van der Waals surface area contributed by atoms with Crippen molar-refractivity contribution in [3.8, 4) is 0 Å². The number of aryl methyl sites for hydroxylation is 2. The predicted molar refractivity (Wildman–Crippen MR) is 107 cm³/mol. The number of nitrogens with one attached hydrogen (secondary N) is 1. The van der Waals surface area contributed by atoms with Gasteiger partial charge in [0, 0.05) is 27.1 Å². The normalized spacial score (nSPS) is 16.5. The van der Waals surface area contributed by atoms with E-state index in [0.29, 0.717) is 11.4 Å². The largest absolute Gasteiger partial charge is 0.346 e. The lowest BCUT2D eigenvalue weighted by molar-refractivity contribution is 0.626. The number of hydrogen-bond donors (Lipinski definition) is 1. The van der Waals surface area contributed by atoms with Crippen LogP contribution in [0.15, 0.2) is 65.8 Å². The molecule has 0 saturated carbocycles. The molecule has 0 amide bonds. The molecule has 0 spiro atoms. The minimum Gasteiger partial charge on any atom is -0.346 e. The molecule has 0 bridgehead atoms. The van der Waals surface area contributed by atoms with Crippen molar-refractivity contribution >= 4 is 22.7 Å². The Morgan fingerprint density at radius 1 is 0.926 bits per heavy atom. The second kappa shape index (κ2) is 7.08. The molecule has 2 aromatic carbocycles. The quantitative estimate of drug-likeness (QED) is 0.612. The summed E-state index contributed by atoms with van der Waals surface area (Å²) in [7, 11) is 0. The van der Waals surface area contributed by atoms with Crippen molar-refractivity contribution in [2.45, 2.75) is 19.9 Å². The summed E-state index contributed by atoms with van der Waals surface area (Å²) in [6.07, 6.45) is 1.85. The summed E-state index contributed by atoms with van der Waals surface area (Å²) in [5.41, 5.74) is 3.43. The highest BCUT2D eigenvalue weighted by Crippen LogP contribution is 2.39. The van der Waals surface area contributed by atoms with Crippen LogP contribution < -0.4 is 5.32 Å². The van der Waals surface area contributed by atoms with Crippen LogP contribution in [0.1, 0.15) is 32.5 Å². The van der Waals surface area contributed by atoms with Crippen molar-refractivity contribution in [1.82, 2.24) is 5.32 Å². The Kier molecular flexibility index (Phi) is 4.62. The number of thiophene rings is 1. The first kappa shape index (κ1) is 17.6. The van der Waals surface area contributed by atoms with Gasteiger partial charge in [0.2, 0.25) is 0 Å². The number of rotatable bonds is 3. The van der Waals surface area contributed by atoms with Crippen molar-refractivity contribution in [2.75, 3.05) is 0 Å². The average Bonchev–Trinajstić information content (AvgIpc) is 2.99. The molecule has 1 atom stereocenters. The van der Waals surface area contributed by atoms with E-state index in [1.54, 1.807) is 23.5 Å². The molecule has 1 unspecified atom stereocenters. The van der Waals surface area contributed by atoms with E-state index in [-0.39, 0.29) is 17.7 Å². The lowest BCUT2D eigenvalue weighted by atomic mass is 9.92. The average molecular weight is 380 g/mol. The SMILES string of the molecule is Cc1cc(C2N=C(c3cccc(F)c3)NC=C2c2cccc(F)c2)c(C)s1. The molecule has 1 aliphatic heterocycles. The molecule has 1 aromatic heterocycles. The van der Waals surface area contributed by atoms with Crippen LogP contribution in [0.5, 0.6) is 0 Å². The maximum absolute atomic E-state index is 13.8. The highest BCUT2D eigenvalue weighted by molar-refractivity contribution is 7.12. The Morgan fingerprint density at radius 2 is 1.59 bits per heavy atom. The van der Waals surface area contributed by atoms with E-state index < -0.39 is 0 Å². The first-order chi connectivity index (χ1) is 13.0. The van der Waals surface area contributed by atoms with Gasteiger partial charge in [-0.05, 0) is 55.3 Å². The van der Waals surface area contributed by atoms with E-state index in [1.807, 2.05) is 18.3 Å². The molecule has 0 saturated heterocycles. The smallest absolute Gasteiger partial charge is 0.133 e. The molecule has 0 radical (unpaired) electrons. The topological polar surface area (TPSA) is 24.4 Å². The lowest BCUT2D eigenvalue weighted by Gasteiger charge is -2.24. The summed E-state index contributed by atoms with van der Waals surface area (Å²) in [6, 6.07) is 14.7. The van der Waals surface area contributed by atoms with Gasteiger partial charge in [-0.25, -0.2) is 8.78 Å². The van der Waals surface area contributed by atoms with Crippen molar-refractivity contribution < 1.29 is 8.78 Å². The Hall–Kier alpha value is -2.79. The van der Waals surface area contributed by atoms with Crippen LogP contribution in [0.25, 0.3) is 5.57 Å². The molecule has 2 nitrogen and oxygen atoms in total. The van der Waals surface area contributed by atoms with E-state index in [0.717, 1.165) is 16.7 Å². The van der Waals surface area contributed by atoms with Gasteiger partial charge in [-0.1, -0.05) is 24.3 Å². The van der Waals surface area contributed by atoms with Gasteiger partial charge in [-0.2, -0.15) is 0 Å². The number of amidine groups is 1. The third-order valence-corrected chi connectivity index (χ3v) is 5.53. The number of benzene rings is 2. The van der Waals surface area contributed by atoms with Crippen LogP contribution in [0, 0.1) is 25.5 Å². The number of halogens is 2. The van der Waals surface area contributed by atoms with Crippen LogP contribution in [-0.2, 0) is 0 Å². The Balaban J connectivity index is 1.82. The minimum atomic E-state index is -0.309. The second-order valence-corrected chi connectivity index (χ2v) is 7.97. The van der Waals surface area contributed by atoms with E-state index in [9.17, 15) is 8.78 Å². The maximum Gasteiger partial charge on any atom is 0.133 e. The van der Waals surface area contributed by atoms with Gasteiger partial charge in [0.15, 0.2) is 0 Å². The van der Waals surface area contributed by atoms with Crippen LogP contribution in [0.3, 0.4) is 0 Å². The fourth-order valence-corrected chi connectivity index (χ4v) is 4.28. The number of aliphatic imine (C=N–C) groups is 1. The van der Waals surface area contributed by atoms with Gasteiger partial charge in [-0.3, -0.25) is 4.99 Å². The van der Waals surface area contributed by atoms with Crippen molar-refractivity contribution in [2.24, 2.45) is 4.99 Å². The molecular weight excluding hydrogens is 362 g/mol. The first-order valence-electron chi connectivity index (χ1n) is 8.64. The van der Waals surface area contributed by atoms with Crippen molar-refractivity contribution in [1.29, 1.82) is 0 Å². The van der Waals surface area contributed by atoms with Crippen molar-refractivity contribution in [3.05, 3.63) is 98.9 Å². The molecule has 136 valence electrons. The molecule has 1 aliphatic rings. The highest BCUT2D eigenvalue weighted by atomic mass is 32.1. The molecule has 1 N–H and O–H groups in total. The Bertz CT molecular complexity index is 1070. The Labute approximate surface area is 160 Å². The Morgan fingerprint density at radius 3 is 2.22 bits per heavy atom. The third-order valence-electron chi connectivity index (χ3n) is 4.55. The summed E-state index contributed by atoms with van der Waals surface area (Å²) in [6.45, 7) is 4.13. The molecule has 3 aromatic rings. The summed E-state index contributed by atoms with van der Waals surface area (Å²) in [4.78, 5) is 7.25. The monoisotopic (exact) mass is 380 g/mol. The zero-order chi connectivity index (χ0) is 19.0. The zero-order valence-electron chi connectivity index (χ0n) is 15.0. The van der Waals surface area contributed by atoms with Crippen molar-refractivity contribution in [3.63, 3.8) is 0 Å². The second-order valence-electron chi connectivity index (χ2n) is 6.51. The molecule has 4 rings (SSSR count). The zero-order valence-corrected chi connectivity index (χ0v) is 15.8. The van der Waals surface area contributed by atoms with Crippen LogP contribution in [0.4, 0.5) is 8.78 Å². The molecule has 0 fully saturated rings. The van der Waals surface area contributed by atoms with Gasteiger partial charge in [0.05, 0.1) is 0 Å². The van der Waals surface area contributed by atoms with Crippen LogP contribution >= 0.6 is 11.3 Å². The third kappa shape index (κ3) is 3.55. The van der Waals surface area contributed by atoms with Gasteiger partial charge in [-0.15, -0.1) is 11.3 Å². The van der Waals surface area contributed by atoms with E-state index >= 15 is 0 Å². The highest BCUT2D eigenvalue weighted by Gasteiger charge is 2.25. The van der Waals surface area contributed by atoms with Gasteiger partial charge < -0.3 is 5.32 Å². The maximum atomic E-state index is 13.8. The molecule has 2 heterocycles. The fraction of sp³-hybridized carbons (Fsp3) is 0.136. The van der Waals surface area contributed by atoms with E-state index in [2.05, 4.69) is 25.2 Å². The summed E-state index contributed by atoms with van der Waals surface area (Å²) in [5.74, 6) is 0.00389. The minimum absolute atomic E-state index is 0.281. The number of nitrogens with zero attached hydrogens (tertiary/aromatic N) is 1. The molecule has 0 aliphatic carbocycles. The molecule has 5 heteroatoms. The van der Waals surface area contributed by atoms with Gasteiger partial charge >= 0.3 is 0 Å². The lowest BCUT2D eigenvalue weighted by Crippen LogP contribution is -2.25. The summed E-state index contributed by atoms with van der Waals surface area (Å²) >= 11 is 1.71. The fourth-order valence-electron chi connectivity index (χ4n) is 3.32. The first-order valence-corrected chi connectivity index (χ1v) is 9.46. The van der Waals surface area contributed by atoms with E-state index in [4.69, 9.17) is 4.99 Å². The van der Waals surface area contributed by atoms with Crippen LogP contribution in [-0.4, -0.2) is 5.84 Å². The van der Waals surface area contributed by atoms with Gasteiger partial charge in [0.1, 0.15) is 23.5 Å². The predicted octanol–water partition coefficient (Wildman–Crippen LogP) is 5.78. The summed E-state index contributed by atoms with van der Waals surface area (Å²) in [5, 5.41) is 3.16. The molecule has 27 heavy (non-hydrogen) atoms. The number of hydrogen-bond acceptors (Lipinski definition) is 3. The van der Waals surface area contributed by atoms with Gasteiger partial charge in [0.25, 0.3) is 0 Å². The van der Waals surface area contributed by atoms with Crippen LogP contribution in [0.2, 0.25) is 0 Å². The molecular formula is C22H18F2N2S.